The summed E-state index contributed by atoms with van der Waals surface area (Å²) in [4.78, 5) is 45.5. The molecule has 3 unspecified atom stereocenters. The number of rotatable bonds is 2. The number of imide groups is 1. The Morgan fingerprint density at radius 3 is 2.47 bits per heavy atom. The number of para-hydroxylation sites is 1. The zero-order valence-electron chi connectivity index (χ0n) is 16.5. The maximum absolute atomic E-state index is 13.2. The van der Waals surface area contributed by atoms with E-state index in [1.165, 1.54) is 24.4 Å². The maximum Gasteiger partial charge on any atom is 0.416 e. The SMILES string of the molecule is CN1OC2C(=O)N(c3cccc(C(F)(F)F)c3)C(=O)C2C1c1coc2ccccc2c1=O. The smallest absolute Gasteiger partial charge is 0.416 e. The average Bonchev–Trinajstić information content (AvgIpc) is 3.22. The summed E-state index contributed by atoms with van der Waals surface area (Å²) in [6.45, 7) is 0. The summed E-state index contributed by atoms with van der Waals surface area (Å²) in [6.07, 6.45) is -4.68. The molecule has 10 heteroatoms. The molecular formula is C22H15F3N2O5. The van der Waals surface area contributed by atoms with E-state index in [9.17, 15) is 27.6 Å². The second kappa shape index (κ2) is 7.01. The molecule has 2 saturated heterocycles. The molecule has 5 rings (SSSR count). The van der Waals surface area contributed by atoms with E-state index in [2.05, 4.69) is 0 Å². The molecule has 0 saturated carbocycles. The third-order valence-corrected chi connectivity index (χ3v) is 5.76. The van der Waals surface area contributed by atoms with Crippen molar-refractivity contribution in [1.29, 1.82) is 0 Å². The Kier molecular flexibility index (Phi) is 4.47. The highest BCUT2D eigenvalue weighted by Gasteiger charge is 2.60. The zero-order valence-corrected chi connectivity index (χ0v) is 16.5. The molecule has 164 valence electrons. The fourth-order valence-electron chi connectivity index (χ4n) is 4.31. The van der Waals surface area contributed by atoms with Crippen LogP contribution in [-0.2, 0) is 20.6 Å². The number of carbonyl (C=O) groups excluding carboxylic acids is 2. The molecule has 2 aromatic carbocycles. The van der Waals surface area contributed by atoms with Crippen molar-refractivity contribution in [3.05, 3.63) is 76.1 Å². The molecule has 2 amide bonds. The maximum atomic E-state index is 13.2. The molecule has 2 aliphatic rings. The first kappa shape index (κ1) is 20.4. The van der Waals surface area contributed by atoms with Crippen molar-refractivity contribution < 1.29 is 32.0 Å². The van der Waals surface area contributed by atoms with E-state index in [1.54, 1.807) is 24.3 Å². The van der Waals surface area contributed by atoms with Gasteiger partial charge in [0.15, 0.2) is 11.5 Å². The summed E-state index contributed by atoms with van der Waals surface area (Å²) in [5.74, 6) is -2.66. The molecule has 3 atom stereocenters. The summed E-state index contributed by atoms with van der Waals surface area (Å²) in [5.41, 5.74) is -1.10. The first-order valence-corrected chi connectivity index (χ1v) is 9.63. The molecule has 0 N–H and O–H groups in total. The van der Waals surface area contributed by atoms with Crippen LogP contribution in [-0.4, -0.2) is 30.0 Å². The predicted molar refractivity (Wildman–Crippen MR) is 105 cm³/mol. The molecule has 2 fully saturated rings. The number of fused-ring (bicyclic) bond motifs is 2. The third-order valence-electron chi connectivity index (χ3n) is 5.76. The molecule has 0 bridgehead atoms. The van der Waals surface area contributed by atoms with Gasteiger partial charge in [-0.25, -0.2) is 4.90 Å². The van der Waals surface area contributed by atoms with Crippen LogP contribution in [0.1, 0.15) is 17.2 Å². The number of hydrogen-bond donors (Lipinski definition) is 0. The Morgan fingerprint density at radius 1 is 0.969 bits per heavy atom. The number of halogens is 3. The fourth-order valence-corrected chi connectivity index (χ4v) is 4.31. The van der Waals surface area contributed by atoms with Gasteiger partial charge >= 0.3 is 6.18 Å². The number of amides is 2. The van der Waals surface area contributed by atoms with Gasteiger partial charge in [0.1, 0.15) is 5.58 Å². The predicted octanol–water partition coefficient (Wildman–Crippen LogP) is 3.29. The average molecular weight is 444 g/mol. The first-order chi connectivity index (χ1) is 15.2. The second-order valence-electron chi connectivity index (χ2n) is 7.62. The van der Waals surface area contributed by atoms with Gasteiger partial charge in [0.25, 0.3) is 5.91 Å². The Labute approximate surface area is 178 Å². The van der Waals surface area contributed by atoms with Gasteiger partial charge in [0.05, 0.1) is 40.4 Å². The van der Waals surface area contributed by atoms with E-state index in [-0.39, 0.29) is 16.7 Å². The van der Waals surface area contributed by atoms with Crippen LogP contribution in [0.25, 0.3) is 11.0 Å². The van der Waals surface area contributed by atoms with Crippen LogP contribution in [0, 0.1) is 5.92 Å². The van der Waals surface area contributed by atoms with E-state index >= 15 is 0 Å². The second-order valence-corrected chi connectivity index (χ2v) is 7.62. The largest absolute Gasteiger partial charge is 0.464 e. The lowest BCUT2D eigenvalue weighted by Gasteiger charge is -2.23. The van der Waals surface area contributed by atoms with Crippen molar-refractivity contribution in [2.75, 3.05) is 11.9 Å². The Balaban J connectivity index is 1.57. The van der Waals surface area contributed by atoms with Crippen LogP contribution in [0.2, 0.25) is 0 Å². The highest BCUT2D eigenvalue weighted by molar-refractivity contribution is 6.23. The Morgan fingerprint density at radius 2 is 1.72 bits per heavy atom. The number of carbonyl (C=O) groups is 2. The van der Waals surface area contributed by atoms with Crippen LogP contribution in [0.4, 0.5) is 18.9 Å². The summed E-state index contributed by atoms with van der Waals surface area (Å²) in [5, 5.41) is 1.55. The quantitative estimate of drug-likeness (QED) is 0.565. The zero-order chi connectivity index (χ0) is 22.8. The number of anilines is 1. The molecule has 7 nitrogen and oxygen atoms in total. The summed E-state index contributed by atoms with van der Waals surface area (Å²) >= 11 is 0. The van der Waals surface area contributed by atoms with Gasteiger partial charge in [0.2, 0.25) is 5.91 Å². The topological polar surface area (TPSA) is 80.1 Å². The van der Waals surface area contributed by atoms with Gasteiger partial charge in [0, 0.05) is 7.05 Å². The van der Waals surface area contributed by atoms with Crippen molar-refractivity contribution in [2.45, 2.75) is 18.3 Å². The third kappa shape index (κ3) is 2.94. The Hall–Kier alpha value is -3.50. The summed E-state index contributed by atoms with van der Waals surface area (Å²) in [7, 11) is 1.48. The number of hydroxylamine groups is 2. The molecule has 0 radical (unpaired) electrons. The molecule has 2 aliphatic heterocycles. The fraction of sp³-hybridized carbons (Fsp3) is 0.227. The Bertz CT molecular complexity index is 1320. The van der Waals surface area contributed by atoms with Crippen molar-refractivity contribution in [3.8, 4) is 0 Å². The van der Waals surface area contributed by atoms with E-state index < -0.39 is 41.6 Å². The summed E-state index contributed by atoms with van der Waals surface area (Å²) < 4.78 is 44.9. The van der Waals surface area contributed by atoms with Crippen LogP contribution in [0.15, 0.2) is 64.0 Å². The lowest BCUT2D eigenvalue weighted by molar-refractivity contribution is -0.160. The van der Waals surface area contributed by atoms with Crippen molar-refractivity contribution in [2.24, 2.45) is 5.92 Å². The molecule has 0 spiro atoms. The minimum absolute atomic E-state index is 0.116. The number of hydrogen-bond acceptors (Lipinski definition) is 6. The lowest BCUT2D eigenvalue weighted by Crippen LogP contribution is -2.37. The molecule has 0 aliphatic carbocycles. The number of benzene rings is 2. The highest BCUT2D eigenvalue weighted by atomic mass is 19.4. The van der Waals surface area contributed by atoms with Gasteiger partial charge in [-0.3, -0.25) is 19.2 Å². The first-order valence-electron chi connectivity index (χ1n) is 9.63. The molecule has 3 aromatic rings. The van der Waals surface area contributed by atoms with Gasteiger partial charge in [-0.1, -0.05) is 18.2 Å². The molecule has 1 aromatic heterocycles. The minimum atomic E-state index is -4.64. The number of nitrogens with zero attached hydrogens (tertiary/aromatic N) is 2. The molecular weight excluding hydrogens is 429 g/mol. The van der Waals surface area contributed by atoms with Gasteiger partial charge in [-0.15, -0.1) is 0 Å². The number of alkyl halides is 3. The monoisotopic (exact) mass is 444 g/mol. The van der Waals surface area contributed by atoms with Crippen molar-refractivity contribution in [1.82, 2.24) is 5.06 Å². The van der Waals surface area contributed by atoms with Crippen molar-refractivity contribution >= 4 is 28.5 Å². The highest BCUT2D eigenvalue weighted by Crippen LogP contribution is 2.45. The van der Waals surface area contributed by atoms with Gasteiger partial charge in [-0.2, -0.15) is 18.2 Å². The van der Waals surface area contributed by atoms with Crippen molar-refractivity contribution in [3.63, 3.8) is 0 Å². The molecule has 3 heterocycles. The van der Waals surface area contributed by atoms with Crippen LogP contribution in [0.3, 0.4) is 0 Å². The van der Waals surface area contributed by atoms with E-state index in [0.717, 1.165) is 18.2 Å². The van der Waals surface area contributed by atoms with E-state index in [0.29, 0.717) is 15.9 Å². The molecule has 32 heavy (non-hydrogen) atoms. The standard InChI is InChI=1S/C22H15F3N2O5/c1-26-17(14-10-31-15-8-3-2-7-13(15)18(14)28)16-19(32-26)21(30)27(20(16)29)12-6-4-5-11(9-12)22(23,24)25/h2-10,16-17,19H,1H3. The summed E-state index contributed by atoms with van der Waals surface area (Å²) in [6, 6.07) is 9.57. The lowest BCUT2D eigenvalue weighted by atomic mass is 9.91. The van der Waals surface area contributed by atoms with E-state index in [4.69, 9.17) is 9.25 Å². The van der Waals surface area contributed by atoms with E-state index in [1.807, 2.05) is 0 Å². The van der Waals surface area contributed by atoms with Crippen LogP contribution >= 0.6 is 0 Å². The minimum Gasteiger partial charge on any atom is -0.464 e. The van der Waals surface area contributed by atoms with Crippen LogP contribution < -0.4 is 10.3 Å². The van der Waals surface area contributed by atoms with Gasteiger partial charge in [-0.05, 0) is 30.3 Å². The normalized spacial score (nSPS) is 23.9. The van der Waals surface area contributed by atoms with Crippen LogP contribution in [0.5, 0.6) is 0 Å². The van der Waals surface area contributed by atoms with Gasteiger partial charge < -0.3 is 4.42 Å².